The van der Waals surface area contributed by atoms with E-state index in [4.69, 9.17) is 4.42 Å². The number of anilines is 1. The molecule has 0 saturated carbocycles. The first-order valence-corrected chi connectivity index (χ1v) is 12.7. The van der Waals surface area contributed by atoms with Crippen molar-refractivity contribution in [3.8, 4) is 0 Å². The molecule has 6 rings (SSSR count). The SMILES string of the molecule is O=C(NC1CCN(Cc2ccccc2)CC1)[C@@H]1CCCN(c2ncnc3c2oc2ccccc23)C1. The van der Waals surface area contributed by atoms with Gasteiger partial charge in [0.05, 0.1) is 5.92 Å². The van der Waals surface area contributed by atoms with Crippen molar-refractivity contribution in [1.29, 1.82) is 0 Å². The number of amides is 1. The fourth-order valence-electron chi connectivity index (χ4n) is 5.52. The summed E-state index contributed by atoms with van der Waals surface area (Å²) in [6, 6.07) is 18.8. The maximum absolute atomic E-state index is 13.2. The van der Waals surface area contributed by atoms with Crippen molar-refractivity contribution < 1.29 is 9.21 Å². The Kier molecular flexibility index (Phi) is 6.08. The Labute approximate surface area is 205 Å². The summed E-state index contributed by atoms with van der Waals surface area (Å²) in [6.07, 6.45) is 5.47. The van der Waals surface area contributed by atoms with E-state index in [0.717, 1.165) is 74.2 Å². The Morgan fingerprint density at radius 2 is 1.77 bits per heavy atom. The normalized spacial score (nSPS) is 19.9. The third kappa shape index (κ3) is 4.60. The molecule has 35 heavy (non-hydrogen) atoms. The highest BCUT2D eigenvalue weighted by atomic mass is 16.3. The van der Waals surface area contributed by atoms with Crippen molar-refractivity contribution in [3.05, 3.63) is 66.5 Å². The number of para-hydroxylation sites is 1. The molecule has 2 aromatic heterocycles. The summed E-state index contributed by atoms with van der Waals surface area (Å²) in [5.74, 6) is 0.921. The third-order valence-corrected chi connectivity index (χ3v) is 7.41. The van der Waals surface area contributed by atoms with Crippen molar-refractivity contribution in [2.75, 3.05) is 31.1 Å². The van der Waals surface area contributed by atoms with Gasteiger partial charge in [-0.1, -0.05) is 42.5 Å². The van der Waals surface area contributed by atoms with Gasteiger partial charge in [0.15, 0.2) is 11.4 Å². The van der Waals surface area contributed by atoms with E-state index >= 15 is 0 Å². The lowest BCUT2D eigenvalue weighted by atomic mass is 9.95. The summed E-state index contributed by atoms with van der Waals surface area (Å²) < 4.78 is 6.13. The van der Waals surface area contributed by atoms with Gasteiger partial charge in [0.1, 0.15) is 17.4 Å². The molecule has 2 fully saturated rings. The van der Waals surface area contributed by atoms with Gasteiger partial charge in [-0.3, -0.25) is 9.69 Å². The number of aromatic nitrogens is 2. The molecule has 1 N–H and O–H groups in total. The van der Waals surface area contributed by atoms with Gasteiger partial charge in [-0.25, -0.2) is 9.97 Å². The van der Waals surface area contributed by atoms with E-state index in [2.05, 4.69) is 55.4 Å². The molecule has 4 heterocycles. The van der Waals surface area contributed by atoms with Crippen molar-refractivity contribution >= 4 is 33.8 Å². The van der Waals surface area contributed by atoms with E-state index in [-0.39, 0.29) is 17.9 Å². The van der Waals surface area contributed by atoms with Crippen molar-refractivity contribution in [3.63, 3.8) is 0 Å². The second-order valence-electron chi connectivity index (χ2n) is 9.80. The second kappa shape index (κ2) is 9.66. The zero-order chi connectivity index (χ0) is 23.6. The largest absolute Gasteiger partial charge is 0.450 e. The molecule has 4 aromatic rings. The summed E-state index contributed by atoms with van der Waals surface area (Å²) in [4.78, 5) is 26.9. The number of likely N-dealkylation sites (tertiary alicyclic amines) is 1. The summed E-state index contributed by atoms with van der Waals surface area (Å²) in [5.41, 5.74) is 3.70. The van der Waals surface area contributed by atoms with Crippen LogP contribution >= 0.6 is 0 Å². The van der Waals surface area contributed by atoms with Crippen LogP contribution in [0.3, 0.4) is 0 Å². The van der Waals surface area contributed by atoms with Crippen LogP contribution in [0.4, 0.5) is 5.82 Å². The molecule has 1 amide bonds. The molecule has 0 bridgehead atoms. The molecule has 2 aliphatic heterocycles. The Morgan fingerprint density at radius 3 is 2.63 bits per heavy atom. The van der Waals surface area contributed by atoms with E-state index in [1.165, 1.54) is 5.56 Å². The average Bonchev–Trinajstić information content (AvgIpc) is 3.29. The van der Waals surface area contributed by atoms with Gasteiger partial charge in [-0.05, 0) is 43.4 Å². The van der Waals surface area contributed by atoms with E-state index < -0.39 is 0 Å². The topological polar surface area (TPSA) is 74.5 Å². The number of carbonyl (C=O) groups is 1. The molecular weight excluding hydrogens is 438 g/mol. The molecule has 180 valence electrons. The summed E-state index contributed by atoms with van der Waals surface area (Å²) in [7, 11) is 0. The monoisotopic (exact) mass is 469 g/mol. The molecule has 2 saturated heterocycles. The highest BCUT2D eigenvalue weighted by Crippen LogP contribution is 2.33. The predicted octanol–water partition coefficient (Wildman–Crippen LogP) is 4.37. The number of nitrogens with one attached hydrogen (secondary N) is 1. The fraction of sp³-hybridized carbons (Fsp3) is 0.393. The lowest BCUT2D eigenvalue weighted by Gasteiger charge is -2.35. The summed E-state index contributed by atoms with van der Waals surface area (Å²) >= 11 is 0. The van der Waals surface area contributed by atoms with Crippen molar-refractivity contribution in [2.45, 2.75) is 38.3 Å². The van der Waals surface area contributed by atoms with E-state index in [9.17, 15) is 4.79 Å². The second-order valence-corrected chi connectivity index (χ2v) is 9.80. The van der Waals surface area contributed by atoms with Crippen LogP contribution in [0.5, 0.6) is 0 Å². The fourth-order valence-corrected chi connectivity index (χ4v) is 5.52. The van der Waals surface area contributed by atoms with E-state index in [0.29, 0.717) is 12.1 Å². The Balaban J connectivity index is 1.08. The highest BCUT2D eigenvalue weighted by Gasteiger charge is 2.30. The quantitative estimate of drug-likeness (QED) is 0.468. The number of furan rings is 1. The summed E-state index contributed by atoms with van der Waals surface area (Å²) in [5, 5.41) is 4.35. The zero-order valence-electron chi connectivity index (χ0n) is 19.9. The molecule has 7 heteroatoms. The molecule has 1 atom stereocenters. The van der Waals surface area contributed by atoms with Crippen molar-refractivity contribution in [1.82, 2.24) is 20.2 Å². The Bertz CT molecular complexity index is 1310. The van der Waals surface area contributed by atoms with Crippen LogP contribution in [0, 0.1) is 5.92 Å². The minimum atomic E-state index is -0.0412. The Hall–Kier alpha value is -3.45. The number of benzene rings is 2. The number of hydrogen-bond acceptors (Lipinski definition) is 6. The zero-order valence-corrected chi connectivity index (χ0v) is 19.9. The average molecular weight is 470 g/mol. The third-order valence-electron chi connectivity index (χ3n) is 7.41. The molecule has 2 aliphatic rings. The molecule has 0 unspecified atom stereocenters. The van der Waals surface area contributed by atoms with Crippen LogP contribution in [-0.4, -0.2) is 53.0 Å². The van der Waals surface area contributed by atoms with Crippen LogP contribution in [0.15, 0.2) is 65.3 Å². The first-order valence-electron chi connectivity index (χ1n) is 12.7. The van der Waals surface area contributed by atoms with Gasteiger partial charge >= 0.3 is 0 Å². The maximum Gasteiger partial charge on any atom is 0.225 e. The van der Waals surface area contributed by atoms with Crippen molar-refractivity contribution in [2.24, 2.45) is 5.92 Å². The smallest absolute Gasteiger partial charge is 0.225 e. The first kappa shape index (κ1) is 22.0. The lowest BCUT2D eigenvalue weighted by Crippen LogP contribution is -2.49. The number of nitrogens with zero attached hydrogens (tertiary/aromatic N) is 4. The van der Waals surface area contributed by atoms with Gasteiger partial charge in [0.25, 0.3) is 0 Å². The van der Waals surface area contributed by atoms with Crippen LogP contribution in [0.1, 0.15) is 31.2 Å². The number of fused-ring (bicyclic) bond motifs is 3. The van der Waals surface area contributed by atoms with Gasteiger partial charge < -0.3 is 14.6 Å². The van der Waals surface area contributed by atoms with E-state index in [1.807, 2.05) is 24.3 Å². The molecule has 2 aromatic carbocycles. The number of piperidine rings is 2. The molecule has 0 aliphatic carbocycles. The number of carbonyl (C=O) groups excluding carboxylic acids is 1. The van der Waals surface area contributed by atoms with Gasteiger partial charge in [-0.2, -0.15) is 0 Å². The molecule has 7 nitrogen and oxygen atoms in total. The predicted molar refractivity (Wildman–Crippen MR) is 137 cm³/mol. The number of hydrogen-bond donors (Lipinski definition) is 1. The molecular formula is C28H31N5O2. The molecule has 0 spiro atoms. The van der Waals surface area contributed by atoms with Crippen LogP contribution in [0.25, 0.3) is 22.1 Å². The van der Waals surface area contributed by atoms with Crippen LogP contribution in [0.2, 0.25) is 0 Å². The molecule has 0 radical (unpaired) electrons. The van der Waals surface area contributed by atoms with Gasteiger partial charge in [0.2, 0.25) is 5.91 Å². The van der Waals surface area contributed by atoms with Gasteiger partial charge in [-0.15, -0.1) is 0 Å². The van der Waals surface area contributed by atoms with Crippen LogP contribution < -0.4 is 10.2 Å². The van der Waals surface area contributed by atoms with E-state index in [1.54, 1.807) is 6.33 Å². The van der Waals surface area contributed by atoms with Crippen LogP contribution in [-0.2, 0) is 11.3 Å². The lowest BCUT2D eigenvalue weighted by molar-refractivity contribution is -0.126. The standard InChI is InChI=1S/C28H31N5O2/c34-28(31-22-12-15-32(16-13-22)17-20-7-2-1-3-8-20)21-9-6-14-33(18-21)27-26-25(29-19-30-27)23-10-4-5-11-24(23)35-26/h1-5,7-8,10-11,19,21-22H,6,9,12-18H2,(H,31,34)/t21-/m1/s1. The Morgan fingerprint density at radius 1 is 0.971 bits per heavy atom. The van der Waals surface area contributed by atoms with Gasteiger partial charge in [0, 0.05) is 44.2 Å². The summed E-state index contributed by atoms with van der Waals surface area (Å²) in [6.45, 7) is 4.53. The maximum atomic E-state index is 13.2. The highest BCUT2D eigenvalue weighted by molar-refractivity contribution is 6.05. The first-order chi connectivity index (χ1) is 17.2. The number of rotatable bonds is 5. The minimum absolute atomic E-state index is 0.0412. The minimum Gasteiger partial charge on any atom is -0.450 e.